The summed E-state index contributed by atoms with van der Waals surface area (Å²) in [5, 5.41) is 2.83. The lowest BCUT2D eigenvalue weighted by Crippen LogP contribution is -2.38. The molecule has 1 amide bonds. The average molecular weight is 327 g/mol. The molecule has 0 bridgehead atoms. The second kappa shape index (κ2) is 8.39. The van der Waals surface area contributed by atoms with Gasteiger partial charge < -0.3 is 14.8 Å². The van der Waals surface area contributed by atoms with Crippen LogP contribution in [0.25, 0.3) is 0 Å². The first kappa shape index (κ1) is 17.9. The molecule has 2 aromatic carbocycles. The van der Waals surface area contributed by atoms with E-state index in [0.717, 1.165) is 22.6 Å². The van der Waals surface area contributed by atoms with Gasteiger partial charge in [-0.2, -0.15) is 0 Å². The Labute approximate surface area is 143 Å². The molecule has 0 aliphatic carbocycles. The third kappa shape index (κ3) is 5.30. The lowest BCUT2D eigenvalue weighted by atomic mass is 10.1. The van der Waals surface area contributed by atoms with Crippen LogP contribution in [0.1, 0.15) is 23.6 Å². The van der Waals surface area contributed by atoms with E-state index in [4.69, 9.17) is 9.47 Å². The fourth-order valence-corrected chi connectivity index (χ4v) is 2.20. The molecule has 0 spiro atoms. The number of rotatable bonds is 7. The van der Waals surface area contributed by atoms with Crippen molar-refractivity contribution >= 4 is 5.91 Å². The minimum Gasteiger partial charge on any atom is -0.492 e. The summed E-state index contributed by atoms with van der Waals surface area (Å²) in [5.41, 5.74) is 3.31. The highest BCUT2D eigenvalue weighted by molar-refractivity contribution is 5.80. The van der Waals surface area contributed by atoms with E-state index in [9.17, 15) is 4.79 Å². The van der Waals surface area contributed by atoms with Gasteiger partial charge in [0.25, 0.3) is 5.91 Å². The first-order valence-electron chi connectivity index (χ1n) is 8.17. The van der Waals surface area contributed by atoms with Crippen molar-refractivity contribution in [2.24, 2.45) is 0 Å². The normalized spacial score (nSPS) is 11.7. The zero-order valence-electron chi connectivity index (χ0n) is 14.8. The molecule has 0 aliphatic rings. The second-order valence-corrected chi connectivity index (χ2v) is 5.98. The quantitative estimate of drug-likeness (QED) is 0.791. The Hall–Kier alpha value is -2.49. The van der Waals surface area contributed by atoms with Crippen molar-refractivity contribution in [3.63, 3.8) is 0 Å². The second-order valence-electron chi connectivity index (χ2n) is 5.98. The lowest BCUT2D eigenvalue weighted by Gasteiger charge is -2.17. The molecular formula is C20H25NO3. The number of amides is 1. The van der Waals surface area contributed by atoms with Crippen molar-refractivity contribution < 1.29 is 14.3 Å². The van der Waals surface area contributed by atoms with Gasteiger partial charge in [0.05, 0.1) is 6.54 Å². The van der Waals surface area contributed by atoms with E-state index >= 15 is 0 Å². The summed E-state index contributed by atoms with van der Waals surface area (Å²) in [4.78, 5) is 12.1. The van der Waals surface area contributed by atoms with Crippen molar-refractivity contribution in [2.75, 3.05) is 13.2 Å². The van der Waals surface area contributed by atoms with Crippen LogP contribution >= 0.6 is 0 Å². The van der Waals surface area contributed by atoms with Gasteiger partial charge in [-0.15, -0.1) is 0 Å². The SMILES string of the molecule is Cc1ccc(OCCNC(=O)[C@H](C)Oc2cc(C)ccc2C)cc1. The molecule has 0 unspecified atom stereocenters. The van der Waals surface area contributed by atoms with Crippen LogP contribution in [-0.2, 0) is 4.79 Å². The van der Waals surface area contributed by atoms with Crippen LogP contribution in [0, 0.1) is 20.8 Å². The topological polar surface area (TPSA) is 47.6 Å². The number of hydrogen-bond acceptors (Lipinski definition) is 3. The van der Waals surface area contributed by atoms with Crippen LogP contribution in [0.15, 0.2) is 42.5 Å². The van der Waals surface area contributed by atoms with Gasteiger partial charge >= 0.3 is 0 Å². The number of benzene rings is 2. The van der Waals surface area contributed by atoms with Crippen LogP contribution in [0.2, 0.25) is 0 Å². The number of ether oxygens (including phenoxy) is 2. The van der Waals surface area contributed by atoms with Crippen LogP contribution < -0.4 is 14.8 Å². The van der Waals surface area contributed by atoms with Crippen LogP contribution in [0.5, 0.6) is 11.5 Å². The Balaban J connectivity index is 1.75. The van der Waals surface area contributed by atoms with Crippen LogP contribution in [0.4, 0.5) is 0 Å². The van der Waals surface area contributed by atoms with Crippen LogP contribution in [-0.4, -0.2) is 25.2 Å². The molecule has 2 aromatic rings. The van der Waals surface area contributed by atoms with Gasteiger partial charge in [0, 0.05) is 0 Å². The summed E-state index contributed by atoms with van der Waals surface area (Å²) in [6.07, 6.45) is -0.551. The molecule has 0 saturated heterocycles. The predicted octanol–water partition coefficient (Wildman–Crippen LogP) is 3.57. The Morgan fingerprint density at radius 3 is 2.42 bits per heavy atom. The minimum atomic E-state index is -0.551. The van der Waals surface area contributed by atoms with E-state index in [0.29, 0.717) is 13.2 Å². The fraction of sp³-hybridized carbons (Fsp3) is 0.350. The summed E-state index contributed by atoms with van der Waals surface area (Å²) in [6, 6.07) is 13.8. The first-order chi connectivity index (χ1) is 11.5. The molecule has 4 nitrogen and oxygen atoms in total. The predicted molar refractivity (Wildman–Crippen MR) is 95.7 cm³/mol. The molecule has 24 heavy (non-hydrogen) atoms. The highest BCUT2D eigenvalue weighted by atomic mass is 16.5. The maximum absolute atomic E-state index is 12.1. The Morgan fingerprint density at radius 2 is 1.71 bits per heavy atom. The van der Waals surface area contributed by atoms with Gasteiger partial charge in [0.2, 0.25) is 0 Å². The van der Waals surface area contributed by atoms with E-state index < -0.39 is 6.10 Å². The Bertz CT molecular complexity index is 680. The van der Waals surface area contributed by atoms with E-state index in [1.807, 2.05) is 63.2 Å². The van der Waals surface area contributed by atoms with Gasteiger partial charge in [-0.05, 0) is 57.0 Å². The Morgan fingerprint density at radius 1 is 1.04 bits per heavy atom. The molecule has 0 saturated carbocycles. The number of hydrogen-bond donors (Lipinski definition) is 1. The number of carbonyl (C=O) groups is 1. The lowest BCUT2D eigenvalue weighted by molar-refractivity contribution is -0.127. The monoisotopic (exact) mass is 327 g/mol. The summed E-state index contributed by atoms with van der Waals surface area (Å²) >= 11 is 0. The number of nitrogens with one attached hydrogen (secondary N) is 1. The molecule has 4 heteroatoms. The third-order valence-corrected chi connectivity index (χ3v) is 3.71. The summed E-state index contributed by atoms with van der Waals surface area (Å²) in [7, 11) is 0. The van der Waals surface area contributed by atoms with Crippen molar-refractivity contribution in [1.82, 2.24) is 5.32 Å². The van der Waals surface area contributed by atoms with Gasteiger partial charge in [0.1, 0.15) is 18.1 Å². The van der Waals surface area contributed by atoms with Crippen LogP contribution in [0.3, 0.4) is 0 Å². The fourth-order valence-electron chi connectivity index (χ4n) is 2.20. The summed E-state index contributed by atoms with van der Waals surface area (Å²) in [6.45, 7) is 8.60. The molecule has 2 rings (SSSR count). The van der Waals surface area contributed by atoms with Crippen molar-refractivity contribution in [1.29, 1.82) is 0 Å². The van der Waals surface area contributed by atoms with Crippen molar-refractivity contribution in [3.8, 4) is 11.5 Å². The summed E-state index contributed by atoms with van der Waals surface area (Å²) in [5.74, 6) is 1.39. The molecule has 1 N–H and O–H groups in total. The van der Waals surface area contributed by atoms with E-state index in [2.05, 4.69) is 5.32 Å². The van der Waals surface area contributed by atoms with E-state index in [1.165, 1.54) is 5.56 Å². The maximum Gasteiger partial charge on any atom is 0.260 e. The average Bonchev–Trinajstić information content (AvgIpc) is 2.56. The van der Waals surface area contributed by atoms with Gasteiger partial charge in [-0.25, -0.2) is 0 Å². The smallest absolute Gasteiger partial charge is 0.260 e. The molecule has 0 fully saturated rings. The van der Waals surface area contributed by atoms with Gasteiger partial charge in [-0.1, -0.05) is 29.8 Å². The standard InChI is InChI=1S/C20H25NO3/c1-14-6-9-18(10-7-14)23-12-11-21-20(22)17(4)24-19-13-15(2)5-8-16(19)3/h5-10,13,17H,11-12H2,1-4H3,(H,21,22)/t17-/m0/s1. The molecular weight excluding hydrogens is 302 g/mol. The zero-order valence-corrected chi connectivity index (χ0v) is 14.8. The largest absolute Gasteiger partial charge is 0.492 e. The highest BCUT2D eigenvalue weighted by Gasteiger charge is 2.15. The molecule has 1 atom stereocenters. The molecule has 0 aliphatic heterocycles. The molecule has 128 valence electrons. The highest BCUT2D eigenvalue weighted by Crippen LogP contribution is 2.20. The zero-order chi connectivity index (χ0) is 17.5. The van der Waals surface area contributed by atoms with Gasteiger partial charge in [0.15, 0.2) is 6.10 Å². The first-order valence-corrected chi connectivity index (χ1v) is 8.17. The minimum absolute atomic E-state index is 0.150. The maximum atomic E-state index is 12.1. The van der Waals surface area contributed by atoms with E-state index in [1.54, 1.807) is 6.92 Å². The van der Waals surface area contributed by atoms with Crippen molar-refractivity contribution in [2.45, 2.75) is 33.8 Å². The Kier molecular flexibility index (Phi) is 6.24. The van der Waals surface area contributed by atoms with Crippen molar-refractivity contribution in [3.05, 3.63) is 59.2 Å². The third-order valence-electron chi connectivity index (χ3n) is 3.71. The number of aryl methyl sites for hydroxylation is 3. The van der Waals surface area contributed by atoms with E-state index in [-0.39, 0.29) is 5.91 Å². The van der Waals surface area contributed by atoms with Gasteiger partial charge in [-0.3, -0.25) is 4.79 Å². The molecule has 0 radical (unpaired) electrons. The number of carbonyl (C=O) groups excluding carboxylic acids is 1. The molecule has 0 aromatic heterocycles. The molecule has 0 heterocycles. The summed E-state index contributed by atoms with van der Waals surface area (Å²) < 4.78 is 11.4.